The quantitative estimate of drug-likeness (QED) is 0.912. The van der Waals surface area contributed by atoms with Crippen LogP contribution in [0, 0.1) is 11.7 Å². The lowest BCUT2D eigenvalue weighted by molar-refractivity contribution is 0.230. The molecule has 0 aromatic carbocycles. The molecule has 0 amide bonds. The Morgan fingerprint density at radius 3 is 2.80 bits per heavy atom. The average molecular weight is 276 g/mol. The molecule has 0 unspecified atom stereocenters. The molecule has 6 heteroatoms. The van der Waals surface area contributed by atoms with Crippen LogP contribution in [0.4, 0.5) is 4.39 Å². The lowest BCUT2D eigenvalue weighted by Crippen LogP contribution is -2.41. The molecular formula is C14H17FN4O. The van der Waals surface area contributed by atoms with Crippen LogP contribution in [0.15, 0.2) is 23.0 Å². The molecule has 1 aliphatic rings. The number of hydrogen-bond acceptors (Lipinski definition) is 5. The third kappa shape index (κ3) is 2.43. The largest absolute Gasteiger partial charge is 0.334 e. The van der Waals surface area contributed by atoms with Gasteiger partial charge in [-0.1, -0.05) is 12.1 Å². The summed E-state index contributed by atoms with van der Waals surface area (Å²) in [5.74, 6) is 1.01. The first-order valence-electron chi connectivity index (χ1n) is 6.81. The van der Waals surface area contributed by atoms with E-state index < -0.39 is 11.4 Å². The molecule has 1 saturated carbocycles. The number of aromatic nitrogens is 3. The number of halogens is 1. The highest BCUT2D eigenvalue weighted by molar-refractivity contribution is 5.50. The van der Waals surface area contributed by atoms with Crippen molar-refractivity contribution in [1.29, 1.82) is 0 Å². The van der Waals surface area contributed by atoms with E-state index in [1.807, 2.05) is 0 Å². The van der Waals surface area contributed by atoms with E-state index in [-0.39, 0.29) is 5.89 Å². The Kier molecular flexibility index (Phi) is 3.25. The topological polar surface area (TPSA) is 77.8 Å². The zero-order valence-electron chi connectivity index (χ0n) is 11.3. The molecule has 0 bridgehead atoms. The van der Waals surface area contributed by atoms with E-state index in [0.29, 0.717) is 17.3 Å². The second kappa shape index (κ2) is 4.94. The first-order valence-corrected chi connectivity index (χ1v) is 6.81. The molecule has 2 heterocycles. The molecule has 0 radical (unpaired) electrons. The molecular weight excluding hydrogens is 259 g/mol. The molecule has 2 N–H and O–H groups in total. The van der Waals surface area contributed by atoms with Crippen molar-refractivity contribution in [2.75, 3.05) is 0 Å². The van der Waals surface area contributed by atoms with Gasteiger partial charge < -0.3 is 10.3 Å². The fourth-order valence-electron chi connectivity index (χ4n) is 2.57. The molecule has 0 saturated heterocycles. The minimum atomic E-state index is -0.533. The Morgan fingerprint density at radius 1 is 1.35 bits per heavy atom. The molecule has 2 aromatic rings. The maximum atomic E-state index is 13.2. The molecule has 106 valence electrons. The molecule has 0 atom stereocenters. The Bertz CT molecular complexity index is 605. The summed E-state index contributed by atoms with van der Waals surface area (Å²) in [6.07, 6.45) is 6.42. The van der Waals surface area contributed by atoms with E-state index in [4.69, 9.17) is 10.3 Å². The van der Waals surface area contributed by atoms with Crippen molar-refractivity contribution >= 4 is 0 Å². The number of nitrogens with two attached hydrogens (primary N) is 1. The summed E-state index contributed by atoms with van der Waals surface area (Å²) in [5, 5.41) is 3.98. The normalized spacial score (nSPS) is 26.6. The third-order valence-electron chi connectivity index (χ3n) is 3.99. The van der Waals surface area contributed by atoms with Crippen molar-refractivity contribution in [2.45, 2.75) is 38.1 Å². The molecule has 0 spiro atoms. The summed E-state index contributed by atoms with van der Waals surface area (Å²) in [6.45, 7) is 2.22. The van der Waals surface area contributed by atoms with Crippen molar-refractivity contribution < 1.29 is 8.91 Å². The molecule has 20 heavy (non-hydrogen) atoms. The minimum absolute atomic E-state index is 0.260. The van der Waals surface area contributed by atoms with Crippen molar-refractivity contribution in [2.24, 2.45) is 11.7 Å². The number of nitrogens with zero attached hydrogens (tertiary/aromatic N) is 3. The van der Waals surface area contributed by atoms with Crippen LogP contribution in [-0.2, 0) is 5.54 Å². The van der Waals surface area contributed by atoms with E-state index in [2.05, 4.69) is 22.0 Å². The highest BCUT2D eigenvalue weighted by Crippen LogP contribution is 2.36. The van der Waals surface area contributed by atoms with Crippen LogP contribution >= 0.6 is 0 Å². The van der Waals surface area contributed by atoms with E-state index >= 15 is 0 Å². The van der Waals surface area contributed by atoms with Crippen molar-refractivity contribution in [3.63, 3.8) is 0 Å². The maximum absolute atomic E-state index is 13.2. The van der Waals surface area contributed by atoms with Crippen LogP contribution in [0.3, 0.4) is 0 Å². The molecule has 1 aliphatic carbocycles. The van der Waals surface area contributed by atoms with Gasteiger partial charge in [-0.25, -0.2) is 4.39 Å². The lowest BCUT2D eigenvalue weighted by atomic mass is 9.77. The summed E-state index contributed by atoms with van der Waals surface area (Å²) in [4.78, 5) is 8.11. The maximum Gasteiger partial charge on any atom is 0.259 e. The fourth-order valence-corrected chi connectivity index (χ4v) is 2.57. The number of hydrogen-bond donors (Lipinski definition) is 1. The van der Waals surface area contributed by atoms with Gasteiger partial charge in [-0.3, -0.25) is 4.98 Å². The van der Waals surface area contributed by atoms with Crippen LogP contribution < -0.4 is 5.73 Å². The monoisotopic (exact) mass is 276 g/mol. The van der Waals surface area contributed by atoms with Gasteiger partial charge in [-0.05, 0) is 37.7 Å². The van der Waals surface area contributed by atoms with Gasteiger partial charge in [0.1, 0.15) is 5.82 Å². The van der Waals surface area contributed by atoms with Gasteiger partial charge in [-0.2, -0.15) is 4.98 Å². The van der Waals surface area contributed by atoms with Gasteiger partial charge in [-0.15, -0.1) is 0 Å². The molecule has 0 aliphatic heterocycles. The van der Waals surface area contributed by atoms with Gasteiger partial charge in [0.2, 0.25) is 0 Å². The Morgan fingerprint density at radius 2 is 2.10 bits per heavy atom. The van der Waals surface area contributed by atoms with Crippen molar-refractivity contribution in [3.8, 4) is 11.5 Å². The highest BCUT2D eigenvalue weighted by atomic mass is 19.1. The van der Waals surface area contributed by atoms with E-state index in [1.165, 1.54) is 12.3 Å². The Balaban J connectivity index is 1.87. The minimum Gasteiger partial charge on any atom is -0.334 e. The second-order valence-corrected chi connectivity index (χ2v) is 5.65. The highest BCUT2D eigenvalue weighted by Gasteiger charge is 2.36. The predicted octanol–water partition coefficient (Wildman–Crippen LogP) is 2.63. The average Bonchev–Trinajstić information content (AvgIpc) is 2.93. The first-order chi connectivity index (χ1) is 9.57. The van der Waals surface area contributed by atoms with Gasteiger partial charge >= 0.3 is 0 Å². The van der Waals surface area contributed by atoms with Gasteiger partial charge in [0.05, 0.1) is 17.3 Å². The van der Waals surface area contributed by atoms with Crippen LogP contribution in [0.5, 0.6) is 0 Å². The lowest BCUT2D eigenvalue weighted by Gasteiger charge is -2.33. The molecule has 5 nitrogen and oxygen atoms in total. The summed E-state index contributed by atoms with van der Waals surface area (Å²) in [7, 11) is 0. The zero-order valence-corrected chi connectivity index (χ0v) is 11.3. The third-order valence-corrected chi connectivity index (χ3v) is 3.99. The number of pyridine rings is 1. The van der Waals surface area contributed by atoms with Crippen molar-refractivity contribution in [3.05, 3.63) is 30.1 Å². The van der Waals surface area contributed by atoms with Gasteiger partial charge in [0.15, 0.2) is 5.82 Å². The summed E-state index contributed by atoms with van der Waals surface area (Å²) in [6, 6.07) is 1.32. The molecule has 1 fully saturated rings. The summed E-state index contributed by atoms with van der Waals surface area (Å²) < 4.78 is 18.4. The molecule has 2 aromatic heterocycles. The SMILES string of the molecule is CC1CCC(N)(c2noc(-c3cncc(F)c3)n2)CC1. The van der Waals surface area contributed by atoms with Gasteiger partial charge in [0.25, 0.3) is 5.89 Å². The van der Waals surface area contributed by atoms with Crippen molar-refractivity contribution in [1.82, 2.24) is 15.1 Å². The van der Waals surface area contributed by atoms with Gasteiger partial charge in [0, 0.05) is 6.20 Å². The summed E-state index contributed by atoms with van der Waals surface area (Å²) >= 11 is 0. The zero-order chi connectivity index (χ0) is 14.2. The fraction of sp³-hybridized carbons (Fsp3) is 0.500. The predicted molar refractivity (Wildman–Crippen MR) is 71.0 cm³/mol. The second-order valence-electron chi connectivity index (χ2n) is 5.65. The Labute approximate surface area is 116 Å². The Hall–Kier alpha value is -1.82. The van der Waals surface area contributed by atoms with E-state index in [9.17, 15) is 4.39 Å². The smallest absolute Gasteiger partial charge is 0.259 e. The summed E-state index contributed by atoms with van der Waals surface area (Å²) in [5.41, 5.74) is 6.33. The van der Waals surface area contributed by atoms with Crippen LogP contribution in [-0.4, -0.2) is 15.1 Å². The van der Waals surface area contributed by atoms with Crippen LogP contribution in [0.25, 0.3) is 11.5 Å². The van der Waals surface area contributed by atoms with E-state index in [0.717, 1.165) is 31.9 Å². The van der Waals surface area contributed by atoms with E-state index in [1.54, 1.807) is 0 Å². The first kappa shape index (κ1) is 13.2. The number of rotatable bonds is 2. The van der Waals surface area contributed by atoms with Crippen LogP contribution in [0.2, 0.25) is 0 Å². The standard InChI is InChI=1S/C14H17FN4O/c1-9-2-4-14(16,5-3-9)13-18-12(20-19-13)10-6-11(15)8-17-7-10/h6-9H,2-5,16H2,1H3. The molecule has 3 rings (SSSR count). The van der Waals surface area contributed by atoms with Crippen LogP contribution in [0.1, 0.15) is 38.4 Å².